The lowest BCUT2D eigenvalue weighted by molar-refractivity contribution is 0.0987. The first-order valence-electron chi connectivity index (χ1n) is 10.8. The van der Waals surface area contributed by atoms with Gasteiger partial charge >= 0.3 is 5.69 Å². The number of sulfonamides is 1. The van der Waals surface area contributed by atoms with Gasteiger partial charge in [-0.25, -0.2) is 13.2 Å². The van der Waals surface area contributed by atoms with Crippen molar-refractivity contribution < 1.29 is 13.2 Å². The molecule has 0 radical (unpaired) electrons. The minimum absolute atomic E-state index is 0.0242. The van der Waals surface area contributed by atoms with E-state index in [1.165, 1.54) is 33.1 Å². The highest BCUT2D eigenvalue weighted by atomic mass is 32.2. The highest BCUT2D eigenvalue weighted by molar-refractivity contribution is 7.89. The van der Waals surface area contributed by atoms with Crippen molar-refractivity contribution in [2.45, 2.75) is 51.0 Å². The molecule has 1 fully saturated rings. The summed E-state index contributed by atoms with van der Waals surface area (Å²) in [7, 11) is -3.71. The van der Waals surface area contributed by atoms with E-state index in [1.54, 1.807) is 6.92 Å². The number of aromatic nitrogens is 2. The van der Waals surface area contributed by atoms with Crippen LogP contribution in [0.1, 0.15) is 49.9 Å². The number of unbranched alkanes of at least 4 members (excludes halogenated alkanes) is 1. The quantitative estimate of drug-likeness (QED) is 0.606. The van der Waals surface area contributed by atoms with Crippen molar-refractivity contribution in [1.82, 2.24) is 13.9 Å². The van der Waals surface area contributed by atoms with Crippen molar-refractivity contribution in [3.63, 3.8) is 0 Å². The Morgan fingerprint density at radius 2 is 1.88 bits per heavy atom. The van der Waals surface area contributed by atoms with Crippen LogP contribution in [0.3, 0.4) is 0 Å². The molecule has 3 N–H and O–H groups in total. The fraction of sp³-hybridized carbons (Fsp3) is 0.476. The second-order valence-electron chi connectivity index (χ2n) is 7.69. The molecule has 1 aromatic carbocycles. The van der Waals surface area contributed by atoms with Gasteiger partial charge in [0.05, 0.1) is 4.90 Å². The number of H-pyrrole nitrogens is 1. The fourth-order valence-corrected chi connectivity index (χ4v) is 5.37. The summed E-state index contributed by atoms with van der Waals surface area (Å²) in [6, 6.07) is 5.76. The number of benzene rings is 1. The van der Waals surface area contributed by atoms with E-state index >= 15 is 0 Å². The minimum atomic E-state index is -3.71. The molecule has 1 saturated heterocycles. The number of carbonyl (C=O) groups excluding carboxylic acids is 1. The molecule has 1 aliphatic rings. The van der Waals surface area contributed by atoms with Crippen LogP contribution in [0.5, 0.6) is 0 Å². The zero-order chi connectivity index (χ0) is 23.5. The predicted molar refractivity (Wildman–Crippen MR) is 122 cm³/mol. The maximum absolute atomic E-state index is 13.3. The topological polar surface area (TPSA) is 139 Å². The van der Waals surface area contributed by atoms with E-state index in [9.17, 15) is 22.8 Å². The van der Waals surface area contributed by atoms with E-state index in [1.807, 2.05) is 6.92 Å². The van der Waals surface area contributed by atoms with E-state index < -0.39 is 27.2 Å². The Morgan fingerprint density at radius 1 is 1.19 bits per heavy atom. The van der Waals surface area contributed by atoms with Gasteiger partial charge in [-0.05, 0) is 44.4 Å². The van der Waals surface area contributed by atoms with Crippen molar-refractivity contribution in [2.24, 2.45) is 0 Å². The summed E-state index contributed by atoms with van der Waals surface area (Å²) in [5.74, 6) is -0.674. The average molecular weight is 464 g/mol. The zero-order valence-corrected chi connectivity index (χ0v) is 19.2. The van der Waals surface area contributed by atoms with E-state index in [-0.39, 0.29) is 28.5 Å². The van der Waals surface area contributed by atoms with E-state index in [2.05, 4.69) is 4.98 Å². The molecule has 0 saturated carbocycles. The van der Waals surface area contributed by atoms with Crippen LogP contribution in [0.4, 0.5) is 11.5 Å². The Morgan fingerprint density at radius 3 is 2.50 bits per heavy atom. The Balaban J connectivity index is 2.02. The molecule has 11 heteroatoms. The summed E-state index contributed by atoms with van der Waals surface area (Å²) in [5.41, 5.74) is 4.73. The Hall–Kier alpha value is -2.92. The molecule has 0 aliphatic carbocycles. The van der Waals surface area contributed by atoms with Gasteiger partial charge in [0.2, 0.25) is 10.0 Å². The van der Waals surface area contributed by atoms with Crippen LogP contribution in [0, 0.1) is 0 Å². The predicted octanol–water partition coefficient (Wildman–Crippen LogP) is 1.37. The molecule has 32 heavy (non-hydrogen) atoms. The number of hydrogen-bond donors (Lipinski definition) is 2. The largest absolute Gasteiger partial charge is 0.383 e. The van der Waals surface area contributed by atoms with Crippen molar-refractivity contribution in [3.05, 3.63) is 50.7 Å². The number of nitrogens with two attached hydrogens (primary N) is 1. The minimum Gasteiger partial charge on any atom is -0.383 e. The molecule has 0 bridgehead atoms. The highest BCUT2D eigenvalue weighted by Gasteiger charge is 2.29. The third-order valence-electron chi connectivity index (χ3n) is 5.56. The van der Waals surface area contributed by atoms with Gasteiger partial charge < -0.3 is 10.6 Å². The lowest BCUT2D eigenvalue weighted by atomic mass is 10.2. The SMILES string of the molecule is CCCCn1c(N)c(N(CC)C(=O)c2cccc(S(=O)(=O)N3CCCC3)c2)c(=O)[nH]c1=O. The standard InChI is InChI=1S/C21H29N5O5S/c1-3-5-13-26-18(22)17(19(27)23-21(26)29)25(4-2)20(28)15-9-8-10-16(14-15)32(30,31)24-11-6-7-12-24/h8-10,14H,3-7,11-13,22H2,1-2H3,(H,23,27,29). The molecule has 0 spiro atoms. The van der Waals surface area contributed by atoms with Crippen LogP contribution in [-0.4, -0.2) is 47.8 Å². The second-order valence-corrected chi connectivity index (χ2v) is 9.62. The van der Waals surface area contributed by atoms with Gasteiger partial charge in [0.25, 0.3) is 11.5 Å². The second kappa shape index (κ2) is 9.70. The lowest BCUT2D eigenvalue weighted by Gasteiger charge is -2.23. The van der Waals surface area contributed by atoms with Crippen molar-refractivity contribution in [2.75, 3.05) is 30.3 Å². The smallest absolute Gasteiger partial charge is 0.330 e. The molecule has 0 unspecified atom stereocenters. The Bertz CT molecular complexity index is 1210. The molecule has 2 aromatic rings. The molecular weight excluding hydrogens is 434 g/mol. The number of anilines is 2. The number of carbonyl (C=O) groups is 1. The maximum atomic E-state index is 13.3. The first-order valence-corrected chi connectivity index (χ1v) is 12.2. The molecule has 174 valence electrons. The molecule has 1 amide bonds. The lowest BCUT2D eigenvalue weighted by Crippen LogP contribution is -2.41. The van der Waals surface area contributed by atoms with Crippen molar-refractivity contribution in [3.8, 4) is 0 Å². The fourth-order valence-electron chi connectivity index (χ4n) is 3.80. The number of aromatic amines is 1. The third-order valence-corrected chi connectivity index (χ3v) is 7.46. The summed E-state index contributed by atoms with van der Waals surface area (Å²) in [4.78, 5) is 41.5. The summed E-state index contributed by atoms with van der Waals surface area (Å²) in [5, 5.41) is 0. The van der Waals surface area contributed by atoms with Gasteiger partial charge in [0.15, 0.2) is 5.69 Å². The van der Waals surface area contributed by atoms with Crippen LogP contribution in [0.15, 0.2) is 38.8 Å². The Labute approximate surface area is 186 Å². The number of hydrogen-bond acceptors (Lipinski definition) is 6. The first-order chi connectivity index (χ1) is 15.2. The third kappa shape index (κ3) is 4.49. The van der Waals surface area contributed by atoms with Crippen LogP contribution in [0.2, 0.25) is 0 Å². The maximum Gasteiger partial charge on any atom is 0.330 e. The van der Waals surface area contributed by atoms with Gasteiger partial charge in [-0.15, -0.1) is 0 Å². The summed E-state index contributed by atoms with van der Waals surface area (Å²) < 4.78 is 28.4. The van der Waals surface area contributed by atoms with Gasteiger partial charge in [0.1, 0.15) is 5.82 Å². The molecule has 3 rings (SSSR count). The molecule has 1 aliphatic heterocycles. The normalized spacial score (nSPS) is 14.6. The first kappa shape index (κ1) is 23.7. The molecule has 2 heterocycles. The van der Waals surface area contributed by atoms with Crippen LogP contribution >= 0.6 is 0 Å². The van der Waals surface area contributed by atoms with Crippen LogP contribution < -0.4 is 21.9 Å². The molecule has 0 atom stereocenters. The van der Waals surface area contributed by atoms with Gasteiger partial charge in [-0.2, -0.15) is 4.31 Å². The van der Waals surface area contributed by atoms with Crippen LogP contribution in [0.25, 0.3) is 0 Å². The highest BCUT2D eigenvalue weighted by Crippen LogP contribution is 2.24. The molecule has 10 nitrogen and oxygen atoms in total. The number of nitrogen functional groups attached to an aromatic ring is 1. The number of nitrogens with zero attached hydrogens (tertiary/aromatic N) is 3. The summed E-state index contributed by atoms with van der Waals surface area (Å²) in [6.07, 6.45) is 3.09. The number of nitrogens with one attached hydrogen (secondary N) is 1. The average Bonchev–Trinajstić information content (AvgIpc) is 3.32. The van der Waals surface area contributed by atoms with Gasteiger partial charge in [-0.3, -0.25) is 19.1 Å². The molecule has 1 aromatic heterocycles. The van der Waals surface area contributed by atoms with Crippen molar-refractivity contribution in [1.29, 1.82) is 0 Å². The summed E-state index contributed by atoms with van der Waals surface area (Å²) in [6.45, 7) is 4.93. The monoisotopic (exact) mass is 463 g/mol. The number of rotatable bonds is 8. The zero-order valence-electron chi connectivity index (χ0n) is 18.3. The van der Waals surface area contributed by atoms with Crippen molar-refractivity contribution >= 4 is 27.4 Å². The summed E-state index contributed by atoms with van der Waals surface area (Å²) >= 11 is 0. The van der Waals surface area contributed by atoms with Crippen LogP contribution in [-0.2, 0) is 16.6 Å². The van der Waals surface area contributed by atoms with Gasteiger partial charge in [-0.1, -0.05) is 19.4 Å². The van der Waals surface area contributed by atoms with E-state index in [0.717, 1.165) is 24.2 Å². The Kier molecular flexibility index (Phi) is 7.19. The molecular formula is C21H29N5O5S. The van der Waals surface area contributed by atoms with E-state index in [4.69, 9.17) is 5.73 Å². The number of amides is 1. The van der Waals surface area contributed by atoms with Gasteiger partial charge in [0, 0.05) is 31.7 Å². The van der Waals surface area contributed by atoms with E-state index in [0.29, 0.717) is 26.1 Å².